The maximum absolute atomic E-state index is 13.1. The van der Waals surface area contributed by atoms with Crippen molar-refractivity contribution in [3.8, 4) is 11.5 Å². The molecule has 2 aromatic carbocycles. The molecule has 2 rings (SSSR count). The predicted molar refractivity (Wildman–Crippen MR) is 71.6 cm³/mol. The second-order valence-electron chi connectivity index (χ2n) is 4.26. The fraction of sp³-hybridized carbons (Fsp3) is 0.200. The molecule has 3 nitrogen and oxygen atoms in total. The lowest BCUT2D eigenvalue weighted by atomic mass is 10.2. The summed E-state index contributed by atoms with van der Waals surface area (Å²) in [6.45, 7) is 0.443. The third-order valence-corrected chi connectivity index (χ3v) is 2.78. The van der Waals surface area contributed by atoms with E-state index in [0.29, 0.717) is 23.6 Å². The van der Waals surface area contributed by atoms with Gasteiger partial charge in [0.05, 0.1) is 7.11 Å². The fourth-order valence-electron chi connectivity index (χ4n) is 1.81. The SMILES string of the molecule is COc1cc(CN)ccc1OCc1cc(F)cc(F)c1. The third kappa shape index (κ3) is 3.45. The molecule has 2 N–H and O–H groups in total. The van der Waals surface area contributed by atoms with Crippen molar-refractivity contribution in [1.82, 2.24) is 0 Å². The van der Waals surface area contributed by atoms with Crippen molar-refractivity contribution in [2.24, 2.45) is 5.73 Å². The Hall–Kier alpha value is -2.14. The maximum atomic E-state index is 13.1. The molecule has 0 unspecified atom stereocenters. The zero-order valence-electron chi connectivity index (χ0n) is 11.0. The summed E-state index contributed by atoms with van der Waals surface area (Å²) in [5, 5.41) is 0. The van der Waals surface area contributed by atoms with E-state index in [9.17, 15) is 8.78 Å². The van der Waals surface area contributed by atoms with Crippen LogP contribution in [0.4, 0.5) is 8.78 Å². The first kappa shape index (κ1) is 14.3. The van der Waals surface area contributed by atoms with Crippen molar-refractivity contribution in [3.63, 3.8) is 0 Å². The number of methoxy groups -OCH3 is 1. The molecule has 0 fully saturated rings. The van der Waals surface area contributed by atoms with Crippen molar-refractivity contribution >= 4 is 0 Å². The van der Waals surface area contributed by atoms with Crippen molar-refractivity contribution in [3.05, 3.63) is 59.2 Å². The zero-order chi connectivity index (χ0) is 14.5. The quantitative estimate of drug-likeness (QED) is 0.915. The van der Waals surface area contributed by atoms with Crippen molar-refractivity contribution in [2.75, 3.05) is 7.11 Å². The van der Waals surface area contributed by atoms with Gasteiger partial charge in [-0.05, 0) is 35.4 Å². The number of hydrogen-bond acceptors (Lipinski definition) is 3. The average Bonchev–Trinajstić information content (AvgIpc) is 2.44. The number of rotatable bonds is 5. The van der Waals surface area contributed by atoms with Crippen LogP contribution in [0, 0.1) is 11.6 Å². The van der Waals surface area contributed by atoms with E-state index in [1.165, 1.54) is 19.2 Å². The van der Waals surface area contributed by atoms with Gasteiger partial charge >= 0.3 is 0 Å². The van der Waals surface area contributed by atoms with E-state index >= 15 is 0 Å². The van der Waals surface area contributed by atoms with Crippen molar-refractivity contribution < 1.29 is 18.3 Å². The summed E-state index contributed by atoms with van der Waals surface area (Å²) in [5.74, 6) is -0.234. The van der Waals surface area contributed by atoms with E-state index in [-0.39, 0.29) is 6.61 Å². The highest BCUT2D eigenvalue weighted by Gasteiger charge is 2.07. The Morgan fingerprint density at radius 3 is 2.25 bits per heavy atom. The molecule has 0 aromatic heterocycles. The van der Waals surface area contributed by atoms with Crippen molar-refractivity contribution in [2.45, 2.75) is 13.2 Å². The topological polar surface area (TPSA) is 44.5 Å². The number of hydrogen-bond donors (Lipinski definition) is 1. The number of halogens is 2. The Labute approximate surface area is 115 Å². The smallest absolute Gasteiger partial charge is 0.161 e. The Bertz CT molecular complexity index is 582. The number of benzene rings is 2. The largest absolute Gasteiger partial charge is 0.493 e. The normalized spacial score (nSPS) is 10.4. The summed E-state index contributed by atoms with van der Waals surface area (Å²) in [6, 6.07) is 8.57. The van der Waals surface area contributed by atoms with Gasteiger partial charge in [0.1, 0.15) is 18.2 Å². The lowest BCUT2D eigenvalue weighted by Gasteiger charge is -2.12. The van der Waals surface area contributed by atoms with Crippen LogP contribution < -0.4 is 15.2 Å². The molecule has 20 heavy (non-hydrogen) atoms. The second kappa shape index (κ2) is 6.34. The Morgan fingerprint density at radius 2 is 1.65 bits per heavy atom. The molecule has 0 spiro atoms. The van der Waals surface area contributed by atoms with Crippen LogP contribution in [-0.4, -0.2) is 7.11 Å². The highest BCUT2D eigenvalue weighted by molar-refractivity contribution is 5.43. The molecule has 106 valence electrons. The summed E-state index contributed by atoms with van der Waals surface area (Å²) in [7, 11) is 1.52. The second-order valence-corrected chi connectivity index (χ2v) is 4.26. The van der Waals surface area contributed by atoms with Crippen LogP contribution in [0.3, 0.4) is 0 Å². The third-order valence-electron chi connectivity index (χ3n) is 2.78. The number of nitrogens with two attached hydrogens (primary N) is 1. The van der Waals surface area contributed by atoms with Gasteiger partial charge in [-0.2, -0.15) is 0 Å². The monoisotopic (exact) mass is 279 g/mol. The van der Waals surface area contributed by atoms with E-state index in [4.69, 9.17) is 15.2 Å². The molecule has 2 aromatic rings. The molecule has 0 saturated heterocycles. The molecule has 0 aliphatic carbocycles. The van der Waals surface area contributed by atoms with Gasteiger partial charge in [0, 0.05) is 12.6 Å². The summed E-state index contributed by atoms with van der Waals surface area (Å²) in [4.78, 5) is 0. The first-order valence-electron chi connectivity index (χ1n) is 6.07. The van der Waals surface area contributed by atoms with Crippen LogP contribution in [0.1, 0.15) is 11.1 Å². The van der Waals surface area contributed by atoms with Crippen LogP contribution >= 0.6 is 0 Å². The molecular weight excluding hydrogens is 264 g/mol. The van der Waals surface area contributed by atoms with Gasteiger partial charge in [-0.1, -0.05) is 6.07 Å². The predicted octanol–water partition coefficient (Wildman–Crippen LogP) is 3.01. The molecule has 0 aliphatic rings. The van der Waals surface area contributed by atoms with E-state index in [0.717, 1.165) is 11.6 Å². The van der Waals surface area contributed by atoms with Crippen LogP contribution in [0.2, 0.25) is 0 Å². The average molecular weight is 279 g/mol. The van der Waals surface area contributed by atoms with Gasteiger partial charge in [-0.25, -0.2) is 8.78 Å². The molecule has 0 aliphatic heterocycles. The van der Waals surface area contributed by atoms with Gasteiger partial charge < -0.3 is 15.2 Å². The summed E-state index contributed by atoms with van der Waals surface area (Å²) in [6.07, 6.45) is 0. The number of ether oxygens (including phenoxy) is 2. The minimum absolute atomic E-state index is 0.0486. The van der Waals surface area contributed by atoms with E-state index in [1.807, 2.05) is 6.07 Å². The summed E-state index contributed by atoms with van der Waals surface area (Å²) < 4.78 is 36.8. The molecule has 0 saturated carbocycles. The molecule has 0 heterocycles. The van der Waals surface area contributed by atoms with Crippen LogP contribution in [0.25, 0.3) is 0 Å². The van der Waals surface area contributed by atoms with Crippen LogP contribution in [0.15, 0.2) is 36.4 Å². The molecule has 0 amide bonds. The Kier molecular flexibility index (Phi) is 4.53. The van der Waals surface area contributed by atoms with Crippen LogP contribution in [-0.2, 0) is 13.2 Å². The molecule has 0 bridgehead atoms. The lowest BCUT2D eigenvalue weighted by molar-refractivity contribution is 0.283. The summed E-state index contributed by atoms with van der Waals surface area (Å²) >= 11 is 0. The highest BCUT2D eigenvalue weighted by Crippen LogP contribution is 2.28. The Balaban J connectivity index is 2.14. The summed E-state index contributed by atoms with van der Waals surface area (Å²) in [5.41, 5.74) is 6.86. The first-order chi connectivity index (χ1) is 9.62. The van der Waals surface area contributed by atoms with Gasteiger partial charge in [-0.15, -0.1) is 0 Å². The van der Waals surface area contributed by atoms with Gasteiger partial charge in [0.15, 0.2) is 11.5 Å². The Morgan fingerprint density at radius 1 is 0.950 bits per heavy atom. The van der Waals surface area contributed by atoms with Gasteiger partial charge in [0.25, 0.3) is 0 Å². The molecule has 0 atom stereocenters. The van der Waals surface area contributed by atoms with Crippen LogP contribution in [0.5, 0.6) is 11.5 Å². The zero-order valence-corrected chi connectivity index (χ0v) is 11.0. The lowest BCUT2D eigenvalue weighted by Crippen LogP contribution is -2.01. The first-order valence-corrected chi connectivity index (χ1v) is 6.07. The van der Waals surface area contributed by atoms with Gasteiger partial charge in [0.2, 0.25) is 0 Å². The van der Waals surface area contributed by atoms with E-state index in [1.54, 1.807) is 12.1 Å². The minimum atomic E-state index is -0.631. The van der Waals surface area contributed by atoms with E-state index in [2.05, 4.69) is 0 Å². The molecular formula is C15H15F2NO2. The standard InChI is InChI=1S/C15H15F2NO2/c1-19-15-6-10(8-18)2-3-14(15)20-9-11-4-12(16)7-13(17)5-11/h2-7H,8-9,18H2,1H3. The molecule has 5 heteroatoms. The minimum Gasteiger partial charge on any atom is -0.493 e. The molecule has 0 radical (unpaired) electrons. The van der Waals surface area contributed by atoms with E-state index < -0.39 is 11.6 Å². The highest BCUT2D eigenvalue weighted by atomic mass is 19.1. The van der Waals surface area contributed by atoms with Crippen molar-refractivity contribution in [1.29, 1.82) is 0 Å². The van der Waals surface area contributed by atoms with Gasteiger partial charge in [-0.3, -0.25) is 0 Å². The fourth-order valence-corrected chi connectivity index (χ4v) is 1.81. The maximum Gasteiger partial charge on any atom is 0.161 e.